The smallest absolute Gasteiger partial charge is 0.418 e. The molecule has 2 aliphatic heterocycles. The van der Waals surface area contributed by atoms with Crippen molar-refractivity contribution in [3.63, 3.8) is 0 Å². The molecule has 2 N–H and O–H groups in total. The second-order valence-electron chi connectivity index (χ2n) is 7.96. The number of ether oxygens (including phenoxy) is 2. The second kappa shape index (κ2) is 8.10. The Morgan fingerprint density at radius 3 is 2.51 bits per heavy atom. The van der Waals surface area contributed by atoms with E-state index in [4.69, 9.17) is 9.47 Å². The summed E-state index contributed by atoms with van der Waals surface area (Å²) in [5.74, 6) is -0.308. The van der Waals surface area contributed by atoms with Gasteiger partial charge in [-0.05, 0) is 29.8 Å². The van der Waals surface area contributed by atoms with Crippen LogP contribution in [0.15, 0.2) is 48.5 Å². The first-order chi connectivity index (χ1) is 16.5. The van der Waals surface area contributed by atoms with E-state index in [2.05, 4.69) is 15.7 Å². The van der Waals surface area contributed by atoms with E-state index >= 15 is 0 Å². The molecule has 7 nitrogen and oxygen atoms in total. The van der Waals surface area contributed by atoms with Crippen LogP contribution in [0.2, 0.25) is 0 Å². The van der Waals surface area contributed by atoms with Crippen LogP contribution in [0.25, 0.3) is 0 Å². The fourth-order valence-electron chi connectivity index (χ4n) is 4.06. The number of anilines is 2. The van der Waals surface area contributed by atoms with E-state index in [0.29, 0.717) is 21.7 Å². The number of aromatic nitrogens is 2. The highest BCUT2D eigenvalue weighted by Gasteiger charge is 2.47. The lowest BCUT2D eigenvalue weighted by atomic mass is 9.96. The van der Waals surface area contributed by atoms with Crippen molar-refractivity contribution in [2.75, 3.05) is 17.4 Å². The van der Waals surface area contributed by atoms with Gasteiger partial charge in [0, 0.05) is 12.5 Å². The van der Waals surface area contributed by atoms with Gasteiger partial charge >= 0.3 is 12.4 Å². The molecule has 13 heteroatoms. The highest BCUT2D eigenvalue weighted by molar-refractivity contribution is 6.03. The van der Waals surface area contributed by atoms with Crippen LogP contribution in [0, 0.1) is 0 Å². The minimum absolute atomic E-state index is 0.00473. The number of hydrogen-bond acceptors (Lipinski definition) is 5. The van der Waals surface area contributed by atoms with Crippen molar-refractivity contribution < 1.29 is 40.6 Å². The lowest BCUT2D eigenvalue weighted by Crippen LogP contribution is -2.35. The fourth-order valence-corrected chi connectivity index (χ4v) is 4.06. The molecule has 184 valence electrons. The predicted octanol–water partition coefficient (Wildman–Crippen LogP) is 5.54. The number of fused-ring (bicyclic) bond motifs is 2. The molecule has 5 rings (SSSR count). The Labute approximate surface area is 193 Å². The summed E-state index contributed by atoms with van der Waals surface area (Å²) in [6.07, 6.45) is -9.87. The number of rotatable bonds is 3. The fraction of sp³-hybridized carbons (Fsp3) is 0.273. The van der Waals surface area contributed by atoms with Gasteiger partial charge in [0.2, 0.25) is 6.79 Å². The Morgan fingerprint density at radius 2 is 1.77 bits per heavy atom. The topological polar surface area (TPSA) is 77.4 Å². The molecule has 35 heavy (non-hydrogen) atoms. The molecule has 3 heterocycles. The number of alkyl halides is 6. The summed E-state index contributed by atoms with van der Waals surface area (Å²) in [6, 6.07) is 7.23. The van der Waals surface area contributed by atoms with E-state index in [1.165, 1.54) is 6.07 Å². The maximum atomic E-state index is 13.9. The summed E-state index contributed by atoms with van der Waals surface area (Å²) in [7, 11) is 0. The van der Waals surface area contributed by atoms with Crippen LogP contribution in [0.4, 0.5) is 37.8 Å². The average molecular weight is 498 g/mol. The number of para-hydroxylation sites is 1. The van der Waals surface area contributed by atoms with E-state index < -0.39 is 53.7 Å². The SMILES string of the molecule is O=C(Nc1ccccc1C(F)(F)F)c1cc2n(n1)[C@H](C(F)(F)F)C[C@H](c1ccc3c(c1)OCO3)N2. The minimum Gasteiger partial charge on any atom is -0.454 e. The monoisotopic (exact) mass is 498 g/mol. The molecule has 0 spiro atoms. The van der Waals surface area contributed by atoms with E-state index in [0.717, 1.165) is 24.3 Å². The Hall–Kier alpha value is -3.90. The van der Waals surface area contributed by atoms with Gasteiger partial charge in [0.1, 0.15) is 5.82 Å². The number of hydrogen-bond donors (Lipinski definition) is 2. The second-order valence-corrected chi connectivity index (χ2v) is 7.96. The van der Waals surface area contributed by atoms with E-state index in [1.54, 1.807) is 18.2 Å². The van der Waals surface area contributed by atoms with Crippen LogP contribution in [-0.4, -0.2) is 28.7 Å². The summed E-state index contributed by atoms with van der Waals surface area (Å²) in [4.78, 5) is 12.7. The summed E-state index contributed by atoms with van der Waals surface area (Å²) in [5.41, 5.74) is -1.59. The maximum absolute atomic E-state index is 13.9. The predicted molar refractivity (Wildman–Crippen MR) is 110 cm³/mol. The number of nitrogens with one attached hydrogen (secondary N) is 2. The van der Waals surface area contributed by atoms with Crippen molar-refractivity contribution in [3.8, 4) is 11.5 Å². The first kappa shape index (κ1) is 22.9. The highest BCUT2D eigenvalue weighted by Crippen LogP contribution is 2.45. The van der Waals surface area contributed by atoms with Gasteiger partial charge in [-0.1, -0.05) is 18.2 Å². The normalized spacial score (nSPS) is 19.1. The highest BCUT2D eigenvalue weighted by atomic mass is 19.4. The molecule has 0 saturated heterocycles. The molecule has 0 aliphatic carbocycles. The number of amides is 1. The molecule has 2 aliphatic rings. The molecule has 3 aromatic rings. The molecule has 1 aromatic heterocycles. The number of halogens is 6. The van der Waals surface area contributed by atoms with Crippen LogP contribution in [-0.2, 0) is 6.18 Å². The Kier molecular flexibility index (Phi) is 5.29. The zero-order valence-electron chi connectivity index (χ0n) is 17.6. The van der Waals surface area contributed by atoms with Crippen molar-refractivity contribution in [3.05, 3.63) is 65.4 Å². The number of benzene rings is 2. The standard InChI is InChI=1S/C22H16F6N4O3/c23-21(24,25)12-3-1-2-4-13(12)30-20(33)15-9-19-29-14(8-18(22(26,27)28)32(19)31-15)11-5-6-16-17(7-11)35-10-34-16/h1-7,9,14,18,29H,8,10H2,(H,30,33)/t14-,18+/m1/s1. The number of carbonyl (C=O) groups is 1. The quantitative estimate of drug-likeness (QED) is 0.464. The van der Waals surface area contributed by atoms with Gasteiger partial charge in [0.25, 0.3) is 5.91 Å². The number of carbonyl (C=O) groups excluding carboxylic acids is 1. The van der Waals surface area contributed by atoms with Crippen LogP contribution in [0.3, 0.4) is 0 Å². The lowest BCUT2D eigenvalue weighted by Gasteiger charge is -2.33. The molecular weight excluding hydrogens is 482 g/mol. The van der Waals surface area contributed by atoms with Gasteiger partial charge in [0.05, 0.1) is 17.3 Å². The zero-order chi connectivity index (χ0) is 25.0. The van der Waals surface area contributed by atoms with Gasteiger partial charge in [-0.2, -0.15) is 31.4 Å². The van der Waals surface area contributed by atoms with Crippen LogP contribution >= 0.6 is 0 Å². The average Bonchev–Trinajstić information content (AvgIpc) is 3.43. The molecule has 1 amide bonds. The lowest BCUT2D eigenvalue weighted by molar-refractivity contribution is -0.173. The van der Waals surface area contributed by atoms with Crippen molar-refractivity contribution in [1.29, 1.82) is 0 Å². The summed E-state index contributed by atoms with van der Waals surface area (Å²) < 4.78 is 92.6. The van der Waals surface area contributed by atoms with Gasteiger partial charge in [-0.15, -0.1) is 0 Å². The third-order valence-electron chi connectivity index (χ3n) is 5.70. The maximum Gasteiger partial charge on any atom is 0.418 e. The van der Waals surface area contributed by atoms with E-state index in [-0.39, 0.29) is 12.6 Å². The zero-order valence-corrected chi connectivity index (χ0v) is 17.6. The van der Waals surface area contributed by atoms with Crippen molar-refractivity contribution in [1.82, 2.24) is 9.78 Å². The molecule has 0 bridgehead atoms. The molecule has 0 radical (unpaired) electrons. The summed E-state index contributed by atoms with van der Waals surface area (Å²) in [6.45, 7) is 0.00473. The van der Waals surface area contributed by atoms with Gasteiger partial charge in [-0.3, -0.25) is 4.79 Å². The molecular formula is C22H16F6N4O3. The molecule has 2 atom stereocenters. The van der Waals surface area contributed by atoms with Gasteiger partial charge < -0.3 is 20.1 Å². The minimum atomic E-state index is -4.74. The molecule has 2 aromatic carbocycles. The van der Waals surface area contributed by atoms with E-state index in [1.807, 2.05) is 0 Å². The Balaban J connectivity index is 1.45. The first-order valence-corrected chi connectivity index (χ1v) is 10.3. The largest absolute Gasteiger partial charge is 0.454 e. The van der Waals surface area contributed by atoms with Crippen LogP contribution in [0.5, 0.6) is 11.5 Å². The Bertz CT molecular complexity index is 1290. The van der Waals surface area contributed by atoms with Crippen molar-refractivity contribution in [2.24, 2.45) is 0 Å². The van der Waals surface area contributed by atoms with Gasteiger partial charge in [-0.25, -0.2) is 4.68 Å². The number of nitrogens with zero attached hydrogens (tertiary/aromatic N) is 2. The Morgan fingerprint density at radius 1 is 1.03 bits per heavy atom. The molecule has 0 saturated carbocycles. The van der Waals surface area contributed by atoms with Crippen molar-refractivity contribution in [2.45, 2.75) is 30.9 Å². The van der Waals surface area contributed by atoms with E-state index in [9.17, 15) is 31.1 Å². The summed E-state index contributed by atoms with van der Waals surface area (Å²) in [5, 5.41) is 8.79. The van der Waals surface area contributed by atoms with Crippen LogP contribution in [0.1, 0.15) is 40.1 Å². The molecule has 0 unspecified atom stereocenters. The summed E-state index contributed by atoms with van der Waals surface area (Å²) >= 11 is 0. The first-order valence-electron chi connectivity index (χ1n) is 10.3. The molecule has 0 fully saturated rings. The third kappa shape index (κ3) is 4.33. The van der Waals surface area contributed by atoms with Gasteiger partial charge in [0.15, 0.2) is 23.2 Å². The van der Waals surface area contributed by atoms with Crippen molar-refractivity contribution >= 4 is 17.4 Å². The third-order valence-corrected chi connectivity index (χ3v) is 5.70. The van der Waals surface area contributed by atoms with Crippen LogP contribution < -0.4 is 20.1 Å².